The summed E-state index contributed by atoms with van der Waals surface area (Å²) in [7, 11) is 2.11. The van der Waals surface area contributed by atoms with E-state index in [2.05, 4.69) is 54.2 Å². The second-order valence-corrected chi connectivity index (χ2v) is 5.39. The Bertz CT molecular complexity index is 548. The minimum Gasteiger partial charge on any atom is -0.329 e. The molecule has 1 aromatic carbocycles. The van der Waals surface area contributed by atoms with Crippen molar-refractivity contribution >= 4 is 0 Å². The summed E-state index contributed by atoms with van der Waals surface area (Å²) in [5.41, 5.74) is 10.8. The van der Waals surface area contributed by atoms with Gasteiger partial charge in [-0.25, -0.2) is 0 Å². The average Bonchev–Trinajstić information content (AvgIpc) is 2.42. The minimum absolute atomic E-state index is 0.198. The van der Waals surface area contributed by atoms with Crippen LogP contribution in [0.15, 0.2) is 42.6 Å². The number of aromatic nitrogens is 1. The molecule has 2 rings (SSSR count). The van der Waals surface area contributed by atoms with Gasteiger partial charge in [0.2, 0.25) is 0 Å². The number of benzene rings is 1. The molecule has 0 fully saturated rings. The van der Waals surface area contributed by atoms with Gasteiger partial charge in [0.1, 0.15) is 0 Å². The highest BCUT2D eigenvalue weighted by atomic mass is 15.1. The first-order chi connectivity index (χ1) is 9.60. The Morgan fingerprint density at radius 3 is 2.60 bits per heavy atom. The van der Waals surface area contributed by atoms with Gasteiger partial charge in [0.15, 0.2) is 0 Å². The zero-order valence-electron chi connectivity index (χ0n) is 12.5. The molecule has 0 radical (unpaired) electrons. The van der Waals surface area contributed by atoms with Gasteiger partial charge in [0.05, 0.1) is 0 Å². The van der Waals surface area contributed by atoms with E-state index >= 15 is 0 Å². The van der Waals surface area contributed by atoms with Crippen molar-refractivity contribution in [3.63, 3.8) is 0 Å². The maximum Gasteiger partial charge on any atom is 0.0486 e. The van der Waals surface area contributed by atoms with E-state index in [0.717, 1.165) is 12.2 Å². The number of aryl methyl sites for hydroxylation is 2. The molecule has 0 saturated carbocycles. The molecule has 2 N–H and O–H groups in total. The molecule has 2 aromatic rings. The number of hydrogen-bond acceptors (Lipinski definition) is 3. The van der Waals surface area contributed by atoms with E-state index in [1.165, 1.54) is 16.7 Å². The number of nitrogens with two attached hydrogens (primary N) is 1. The monoisotopic (exact) mass is 269 g/mol. The summed E-state index contributed by atoms with van der Waals surface area (Å²) < 4.78 is 0. The zero-order valence-corrected chi connectivity index (χ0v) is 12.5. The van der Waals surface area contributed by atoms with E-state index in [0.29, 0.717) is 6.54 Å². The normalized spacial score (nSPS) is 12.7. The molecule has 0 aliphatic heterocycles. The SMILES string of the molecule is Cc1cccc(CN(C)C(CN)c2ccc(C)nc2)c1. The molecule has 0 amide bonds. The summed E-state index contributed by atoms with van der Waals surface area (Å²) >= 11 is 0. The standard InChI is InChI=1S/C17H23N3/c1-13-5-4-6-15(9-13)12-20(3)17(10-18)16-8-7-14(2)19-11-16/h4-9,11,17H,10,12,18H2,1-3H3. The third-order valence-corrected chi connectivity index (χ3v) is 3.59. The summed E-state index contributed by atoms with van der Waals surface area (Å²) in [6.07, 6.45) is 1.93. The van der Waals surface area contributed by atoms with Crippen LogP contribution in [-0.2, 0) is 6.54 Å². The van der Waals surface area contributed by atoms with E-state index < -0.39 is 0 Å². The van der Waals surface area contributed by atoms with Crippen LogP contribution < -0.4 is 5.73 Å². The summed E-state index contributed by atoms with van der Waals surface area (Å²) in [4.78, 5) is 6.65. The fraction of sp³-hybridized carbons (Fsp3) is 0.353. The molecular weight excluding hydrogens is 246 g/mol. The molecule has 0 aliphatic carbocycles. The van der Waals surface area contributed by atoms with Crippen LogP contribution >= 0.6 is 0 Å². The number of pyridine rings is 1. The molecule has 1 atom stereocenters. The fourth-order valence-electron chi connectivity index (χ4n) is 2.46. The lowest BCUT2D eigenvalue weighted by Crippen LogP contribution is -2.30. The summed E-state index contributed by atoms with van der Waals surface area (Å²) in [6.45, 7) is 5.59. The van der Waals surface area contributed by atoms with Crippen LogP contribution in [0, 0.1) is 13.8 Å². The molecule has 1 unspecified atom stereocenters. The van der Waals surface area contributed by atoms with Gasteiger partial charge >= 0.3 is 0 Å². The third kappa shape index (κ3) is 3.65. The molecule has 1 aromatic heterocycles. The van der Waals surface area contributed by atoms with Crippen LogP contribution in [0.5, 0.6) is 0 Å². The first-order valence-corrected chi connectivity index (χ1v) is 6.98. The number of likely N-dealkylation sites (N-methyl/N-ethyl adjacent to an activating group) is 1. The number of hydrogen-bond donors (Lipinski definition) is 1. The lowest BCUT2D eigenvalue weighted by Gasteiger charge is -2.27. The molecule has 0 aliphatic rings. The van der Waals surface area contributed by atoms with Crippen LogP contribution in [0.2, 0.25) is 0 Å². The lowest BCUT2D eigenvalue weighted by molar-refractivity contribution is 0.241. The highest BCUT2D eigenvalue weighted by Gasteiger charge is 2.15. The van der Waals surface area contributed by atoms with Crippen molar-refractivity contribution in [2.24, 2.45) is 5.73 Å². The van der Waals surface area contributed by atoms with E-state index in [1.54, 1.807) is 0 Å². The molecule has 20 heavy (non-hydrogen) atoms. The van der Waals surface area contributed by atoms with Gasteiger partial charge in [-0.15, -0.1) is 0 Å². The van der Waals surface area contributed by atoms with Crippen molar-refractivity contribution in [1.82, 2.24) is 9.88 Å². The van der Waals surface area contributed by atoms with Gasteiger partial charge in [-0.05, 0) is 38.1 Å². The Labute approximate surface area is 121 Å². The molecule has 106 valence electrons. The molecule has 0 bridgehead atoms. The Kier molecular flexibility index (Phi) is 4.88. The van der Waals surface area contributed by atoms with Crippen molar-refractivity contribution in [3.8, 4) is 0 Å². The van der Waals surface area contributed by atoms with Crippen molar-refractivity contribution in [2.75, 3.05) is 13.6 Å². The Morgan fingerprint density at radius 1 is 1.20 bits per heavy atom. The van der Waals surface area contributed by atoms with Crippen LogP contribution in [-0.4, -0.2) is 23.5 Å². The number of nitrogens with zero attached hydrogens (tertiary/aromatic N) is 2. The van der Waals surface area contributed by atoms with Gasteiger partial charge in [0, 0.05) is 31.0 Å². The molecule has 0 spiro atoms. The van der Waals surface area contributed by atoms with Crippen LogP contribution in [0.4, 0.5) is 0 Å². The topological polar surface area (TPSA) is 42.1 Å². The fourth-order valence-corrected chi connectivity index (χ4v) is 2.46. The first kappa shape index (κ1) is 14.7. The van der Waals surface area contributed by atoms with Gasteiger partial charge in [-0.1, -0.05) is 35.9 Å². The van der Waals surface area contributed by atoms with Gasteiger partial charge in [-0.3, -0.25) is 9.88 Å². The first-order valence-electron chi connectivity index (χ1n) is 6.98. The lowest BCUT2D eigenvalue weighted by atomic mass is 10.1. The van der Waals surface area contributed by atoms with Gasteiger partial charge < -0.3 is 5.73 Å². The Hall–Kier alpha value is -1.71. The molecule has 3 nitrogen and oxygen atoms in total. The maximum absolute atomic E-state index is 5.96. The van der Waals surface area contributed by atoms with E-state index in [1.807, 2.05) is 19.2 Å². The van der Waals surface area contributed by atoms with Gasteiger partial charge in [-0.2, -0.15) is 0 Å². The third-order valence-electron chi connectivity index (χ3n) is 3.59. The second-order valence-electron chi connectivity index (χ2n) is 5.39. The predicted octanol–water partition coefficient (Wildman–Crippen LogP) is 2.83. The van der Waals surface area contributed by atoms with Crippen LogP contribution in [0.3, 0.4) is 0 Å². The van der Waals surface area contributed by atoms with E-state index in [9.17, 15) is 0 Å². The average molecular weight is 269 g/mol. The quantitative estimate of drug-likeness (QED) is 0.907. The van der Waals surface area contributed by atoms with Crippen molar-refractivity contribution in [1.29, 1.82) is 0 Å². The maximum atomic E-state index is 5.96. The predicted molar refractivity (Wildman–Crippen MR) is 83.4 cm³/mol. The summed E-state index contributed by atoms with van der Waals surface area (Å²) in [5, 5.41) is 0. The molecule has 3 heteroatoms. The van der Waals surface area contributed by atoms with Crippen LogP contribution in [0.25, 0.3) is 0 Å². The second kappa shape index (κ2) is 6.64. The number of rotatable bonds is 5. The smallest absolute Gasteiger partial charge is 0.0486 e. The highest BCUT2D eigenvalue weighted by Crippen LogP contribution is 2.20. The Morgan fingerprint density at radius 2 is 2.00 bits per heavy atom. The largest absolute Gasteiger partial charge is 0.329 e. The van der Waals surface area contributed by atoms with Gasteiger partial charge in [0.25, 0.3) is 0 Å². The van der Waals surface area contributed by atoms with Crippen molar-refractivity contribution in [2.45, 2.75) is 26.4 Å². The molecular formula is C17H23N3. The highest BCUT2D eigenvalue weighted by molar-refractivity contribution is 5.23. The Balaban J connectivity index is 2.13. The zero-order chi connectivity index (χ0) is 14.5. The summed E-state index contributed by atoms with van der Waals surface area (Å²) in [6, 6.07) is 13.0. The van der Waals surface area contributed by atoms with E-state index in [-0.39, 0.29) is 6.04 Å². The van der Waals surface area contributed by atoms with Crippen molar-refractivity contribution < 1.29 is 0 Å². The van der Waals surface area contributed by atoms with Crippen LogP contribution in [0.1, 0.15) is 28.4 Å². The minimum atomic E-state index is 0.198. The van der Waals surface area contributed by atoms with Crippen molar-refractivity contribution in [3.05, 3.63) is 65.0 Å². The molecule has 1 heterocycles. The summed E-state index contributed by atoms with van der Waals surface area (Å²) in [5.74, 6) is 0. The molecule has 0 saturated heterocycles. The van der Waals surface area contributed by atoms with E-state index in [4.69, 9.17) is 5.73 Å².